The second-order valence-electron chi connectivity index (χ2n) is 7.25. The lowest BCUT2D eigenvalue weighted by Gasteiger charge is -2.14. The first kappa shape index (κ1) is 16.4. The average molecular weight is 406 g/mol. The molecule has 4 heterocycles. The maximum absolute atomic E-state index is 13.1. The Balaban J connectivity index is 1.47. The standard InChI is InChI=1S/C23H21FN4O2/c1-27-21-6-8-25-13-20(21)19-5-4-17(10-22(19)27)28-9-7-18(11-23(28)29)30-14-16-3-2-15(24)12-26-16/h2-5,7,9-12,25H,6,8,13-14H2,1H3/i14D2. The highest BCUT2D eigenvalue weighted by Gasteiger charge is 2.18. The first-order valence-corrected chi connectivity index (χ1v) is 9.68. The van der Waals surface area contributed by atoms with Crippen molar-refractivity contribution in [3.05, 3.63) is 88.0 Å². The molecule has 152 valence electrons. The van der Waals surface area contributed by atoms with Crippen LogP contribution in [-0.4, -0.2) is 20.7 Å². The number of pyridine rings is 2. The third-order valence-electron chi connectivity index (χ3n) is 5.43. The van der Waals surface area contributed by atoms with Gasteiger partial charge in [0, 0.05) is 49.9 Å². The van der Waals surface area contributed by atoms with Crippen LogP contribution >= 0.6 is 0 Å². The van der Waals surface area contributed by atoms with Gasteiger partial charge in [-0.25, -0.2) is 4.39 Å². The topological polar surface area (TPSA) is 61.1 Å². The van der Waals surface area contributed by atoms with Gasteiger partial charge in [0.15, 0.2) is 0 Å². The molecule has 6 nitrogen and oxygen atoms in total. The fourth-order valence-electron chi connectivity index (χ4n) is 3.93. The van der Waals surface area contributed by atoms with Gasteiger partial charge in [0.25, 0.3) is 5.56 Å². The lowest BCUT2D eigenvalue weighted by Crippen LogP contribution is -2.24. The van der Waals surface area contributed by atoms with Crippen LogP contribution in [0.5, 0.6) is 5.75 Å². The number of rotatable bonds is 4. The number of nitrogens with zero attached hydrogens (tertiary/aromatic N) is 3. The predicted molar refractivity (Wildman–Crippen MR) is 112 cm³/mol. The third-order valence-corrected chi connectivity index (χ3v) is 5.43. The van der Waals surface area contributed by atoms with Crippen LogP contribution in [-0.2, 0) is 26.6 Å². The van der Waals surface area contributed by atoms with Gasteiger partial charge >= 0.3 is 0 Å². The first-order chi connectivity index (χ1) is 15.3. The summed E-state index contributed by atoms with van der Waals surface area (Å²) in [6.45, 7) is -0.532. The number of aryl methyl sites for hydroxylation is 1. The van der Waals surface area contributed by atoms with E-state index in [9.17, 15) is 9.18 Å². The predicted octanol–water partition coefficient (Wildman–Crippen LogP) is 3.09. The summed E-state index contributed by atoms with van der Waals surface area (Å²) in [5, 5.41) is 4.58. The van der Waals surface area contributed by atoms with E-state index in [1.54, 1.807) is 6.20 Å². The van der Waals surface area contributed by atoms with Gasteiger partial charge in [-0.3, -0.25) is 14.3 Å². The van der Waals surface area contributed by atoms with E-state index in [4.69, 9.17) is 7.48 Å². The Kier molecular flexibility index (Phi) is 4.05. The Morgan fingerprint density at radius 2 is 2.17 bits per heavy atom. The largest absolute Gasteiger partial charge is 0.487 e. The highest BCUT2D eigenvalue weighted by atomic mass is 19.1. The third kappa shape index (κ3) is 3.27. The number of ether oxygens (including phenoxy) is 1. The highest BCUT2D eigenvalue weighted by Crippen LogP contribution is 2.29. The Labute approximate surface area is 175 Å². The second-order valence-corrected chi connectivity index (χ2v) is 7.25. The van der Waals surface area contributed by atoms with Crippen molar-refractivity contribution < 1.29 is 11.9 Å². The molecule has 0 saturated heterocycles. The van der Waals surface area contributed by atoms with Crippen LogP contribution < -0.4 is 15.6 Å². The SMILES string of the molecule is [2H]C([2H])(Oc1ccn(-c2ccc3c4c(n(C)c3c2)CCNC4)c(=O)c1)c1ccc(F)cn1. The van der Waals surface area contributed by atoms with Crippen LogP contribution in [0.1, 0.15) is 19.7 Å². The fraction of sp³-hybridized carbons (Fsp3) is 0.217. The zero-order chi connectivity index (χ0) is 22.5. The van der Waals surface area contributed by atoms with Crippen molar-refractivity contribution in [2.24, 2.45) is 7.05 Å². The smallest absolute Gasteiger partial charge is 0.258 e. The summed E-state index contributed by atoms with van der Waals surface area (Å²) in [4.78, 5) is 16.5. The van der Waals surface area contributed by atoms with Gasteiger partial charge in [-0.1, -0.05) is 6.07 Å². The minimum Gasteiger partial charge on any atom is -0.487 e. The second kappa shape index (κ2) is 7.42. The molecule has 1 N–H and O–H groups in total. The molecule has 0 unspecified atom stereocenters. The monoisotopic (exact) mass is 406 g/mol. The van der Waals surface area contributed by atoms with Crippen molar-refractivity contribution in [3.8, 4) is 11.4 Å². The molecule has 7 heteroatoms. The molecule has 0 bridgehead atoms. The Bertz CT molecular complexity index is 1380. The summed E-state index contributed by atoms with van der Waals surface area (Å²) in [7, 11) is 2.04. The van der Waals surface area contributed by atoms with E-state index in [0.717, 1.165) is 37.3 Å². The number of hydrogen-bond acceptors (Lipinski definition) is 4. The lowest BCUT2D eigenvalue weighted by atomic mass is 10.1. The number of halogens is 1. The van der Waals surface area contributed by atoms with Crippen LogP contribution in [0.15, 0.2) is 59.7 Å². The van der Waals surface area contributed by atoms with Crippen LogP contribution in [0.3, 0.4) is 0 Å². The molecule has 0 aliphatic carbocycles. The molecule has 3 aromatic heterocycles. The van der Waals surface area contributed by atoms with E-state index in [2.05, 4.69) is 14.9 Å². The summed E-state index contributed by atoms with van der Waals surface area (Å²) in [6.07, 6.45) is 3.44. The number of hydrogen-bond donors (Lipinski definition) is 1. The molecule has 0 radical (unpaired) electrons. The molecular weight excluding hydrogens is 383 g/mol. The average Bonchev–Trinajstić information content (AvgIpc) is 3.06. The number of aromatic nitrogens is 3. The van der Waals surface area contributed by atoms with Crippen molar-refractivity contribution in [1.29, 1.82) is 0 Å². The molecule has 1 aliphatic rings. The molecule has 4 aromatic rings. The summed E-state index contributed by atoms with van der Waals surface area (Å²) in [5.74, 6) is -0.511. The molecule has 0 saturated carbocycles. The van der Waals surface area contributed by atoms with Crippen molar-refractivity contribution in [3.63, 3.8) is 0 Å². The molecule has 5 rings (SSSR count). The maximum Gasteiger partial charge on any atom is 0.258 e. The van der Waals surface area contributed by atoms with E-state index in [1.165, 1.54) is 39.4 Å². The molecule has 0 amide bonds. The van der Waals surface area contributed by atoms with E-state index >= 15 is 0 Å². The van der Waals surface area contributed by atoms with Crippen LogP contribution in [0, 0.1) is 5.82 Å². The first-order valence-electron chi connectivity index (χ1n) is 10.7. The van der Waals surface area contributed by atoms with Gasteiger partial charge in [-0.05, 0) is 35.9 Å². The van der Waals surface area contributed by atoms with Gasteiger partial charge in [0.05, 0.1) is 25.8 Å². The number of fused-ring (bicyclic) bond motifs is 3. The molecular formula is C23H21FN4O2. The van der Waals surface area contributed by atoms with Crippen molar-refractivity contribution in [1.82, 2.24) is 19.4 Å². The molecule has 1 aliphatic heterocycles. The molecule has 0 atom stereocenters. The summed E-state index contributed by atoms with van der Waals surface area (Å²) in [6, 6.07) is 11.0. The number of benzene rings is 1. The molecule has 1 aromatic carbocycles. The highest BCUT2D eigenvalue weighted by molar-refractivity contribution is 5.87. The van der Waals surface area contributed by atoms with Crippen LogP contribution in [0.4, 0.5) is 4.39 Å². The zero-order valence-corrected chi connectivity index (χ0v) is 16.4. The summed E-state index contributed by atoms with van der Waals surface area (Å²) >= 11 is 0. The van der Waals surface area contributed by atoms with Gasteiger partial charge < -0.3 is 14.6 Å². The minimum absolute atomic E-state index is 0.0591. The molecule has 0 fully saturated rings. The van der Waals surface area contributed by atoms with E-state index in [0.29, 0.717) is 5.69 Å². The Morgan fingerprint density at radius 3 is 2.97 bits per heavy atom. The summed E-state index contributed by atoms with van der Waals surface area (Å²) in [5.41, 5.74) is 3.93. The van der Waals surface area contributed by atoms with Gasteiger partial charge in [0.1, 0.15) is 18.1 Å². The van der Waals surface area contributed by atoms with Gasteiger partial charge in [-0.2, -0.15) is 0 Å². The van der Waals surface area contributed by atoms with Gasteiger partial charge in [-0.15, -0.1) is 0 Å². The quantitative estimate of drug-likeness (QED) is 0.566. The normalized spacial score (nSPS) is 14.9. The van der Waals surface area contributed by atoms with Gasteiger partial charge in [0.2, 0.25) is 0 Å². The lowest BCUT2D eigenvalue weighted by molar-refractivity contribution is 0.300. The van der Waals surface area contributed by atoms with E-state index in [-0.39, 0.29) is 17.0 Å². The maximum atomic E-state index is 13.1. The Morgan fingerprint density at radius 1 is 1.27 bits per heavy atom. The zero-order valence-electron chi connectivity index (χ0n) is 18.4. The van der Waals surface area contributed by atoms with Crippen LogP contribution in [0.2, 0.25) is 0 Å². The fourth-order valence-corrected chi connectivity index (χ4v) is 3.93. The number of nitrogens with one attached hydrogen (secondary N) is 1. The van der Waals surface area contributed by atoms with Crippen molar-refractivity contribution in [2.75, 3.05) is 6.54 Å². The molecule has 0 spiro atoms. The van der Waals surface area contributed by atoms with Crippen molar-refractivity contribution in [2.45, 2.75) is 19.5 Å². The van der Waals surface area contributed by atoms with E-state index in [1.807, 2.05) is 25.2 Å². The molecule has 30 heavy (non-hydrogen) atoms. The minimum atomic E-state index is -2.32. The van der Waals surface area contributed by atoms with Crippen molar-refractivity contribution >= 4 is 10.9 Å². The Hall–Kier alpha value is -3.45. The van der Waals surface area contributed by atoms with E-state index < -0.39 is 12.4 Å². The van der Waals surface area contributed by atoms with Crippen LogP contribution in [0.25, 0.3) is 16.6 Å². The summed E-state index contributed by atoms with van der Waals surface area (Å²) < 4.78 is 38.3.